The van der Waals surface area contributed by atoms with E-state index in [0.717, 1.165) is 5.01 Å². The topological polar surface area (TPSA) is 88.0 Å². The van der Waals surface area contributed by atoms with E-state index in [2.05, 4.69) is 20.3 Å². The summed E-state index contributed by atoms with van der Waals surface area (Å²) in [5.41, 5.74) is -0.0659. The Morgan fingerprint density at radius 3 is 2.83 bits per heavy atom. The molecule has 0 aromatic carbocycles. The lowest BCUT2D eigenvalue weighted by atomic mass is 10.2. The van der Waals surface area contributed by atoms with Crippen molar-refractivity contribution in [2.45, 2.75) is 12.8 Å². The number of thiazole rings is 1. The molecule has 0 saturated carbocycles. The second kappa shape index (κ2) is 5.54. The molecule has 1 atom stereocenters. The molecule has 2 aromatic rings. The van der Waals surface area contributed by atoms with Crippen LogP contribution in [0.3, 0.4) is 0 Å². The predicted molar refractivity (Wildman–Crippen MR) is 68.0 cm³/mol. The molecule has 6 nitrogen and oxygen atoms in total. The lowest BCUT2D eigenvalue weighted by Gasteiger charge is -2.11. The van der Waals surface area contributed by atoms with Crippen molar-refractivity contribution in [3.05, 3.63) is 34.7 Å². The van der Waals surface area contributed by atoms with Crippen LogP contribution in [0.1, 0.15) is 28.3 Å². The van der Waals surface area contributed by atoms with Crippen LogP contribution in [-0.4, -0.2) is 32.6 Å². The number of aromatic carboxylic acids is 1. The molecule has 0 saturated heterocycles. The van der Waals surface area contributed by atoms with Gasteiger partial charge in [-0.1, -0.05) is 6.92 Å². The van der Waals surface area contributed by atoms with Crippen LogP contribution in [0.4, 0.5) is 5.82 Å². The van der Waals surface area contributed by atoms with Crippen LogP contribution in [-0.2, 0) is 0 Å². The Kier molecular flexibility index (Phi) is 3.83. The Hall–Kier alpha value is -2.02. The first-order valence-electron chi connectivity index (χ1n) is 5.36. The zero-order valence-corrected chi connectivity index (χ0v) is 10.5. The summed E-state index contributed by atoms with van der Waals surface area (Å²) in [6, 6.07) is 0. The summed E-state index contributed by atoms with van der Waals surface area (Å²) in [7, 11) is 0. The van der Waals surface area contributed by atoms with E-state index >= 15 is 0 Å². The summed E-state index contributed by atoms with van der Waals surface area (Å²) in [5.74, 6) is -0.616. The summed E-state index contributed by atoms with van der Waals surface area (Å²) in [5, 5.41) is 14.9. The first-order valence-corrected chi connectivity index (χ1v) is 6.24. The molecule has 0 spiro atoms. The highest BCUT2D eigenvalue weighted by Crippen LogP contribution is 2.18. The summed E-state index contributed by atoms with van der Waals surface area (Å²) in [6.45, 7) is 2.58. The number of carboxylic acids is 1. The monoisotopic (exact) mass is 264 g/mol. The quantitative estimate of drug-likeness (QED) is 0.856. The molecular formula is C11H12N4O2S. The second-order valence-corrected chi connectivity index (χ2v) is 4.64. The fourth-order valence-corrected chi connectivity index (χ4v) is 2.14. The van der Waals surface area contributed by atoms with E-state index in [0.29, 0.717) is 6.54 Å². The molecular weight excluding hydrogens is 252 g/mol. The van der Waals surface area contributed by atoms with E-state index in [4.69, 9.17) is 5.11 Å². The lowest BCUT2D eigenvalue weighted by molar-refractivity contribution is 0.0691. The van der Waals surface area contributed by atoms with Crippen molar-refractivity contribution in [3.63, 3.8) is 0 Å². The average Bonchev–Trinajstić information content (AvgIpc) is 2.90. The van der Waals surface area contributed by atoms with Crippen molar-refractivity contribution in [1.82, 2.24) is 15.0 Å². The average molecular weight is 264 g/mol. The molecule has 0 aliphatic heterocycles. The van der Waals surface area contributed by atoms with E-state index in [-0.39, 0.29) is 17.4 Å². The number of carboxylic acid groups (broad SMARTS) is 1. The van der Waals surface area contributed by atoms with Gasteiger partial charge in [-0.3, -0.25) is 0 Å². The van der Waals surface area contributed by atoms with E-state index in [1.165, 1.54) is 12.4 Å². The summed E-state index contributed by atoms with van der Waals surface area (Å²) in [6.07, 6.45) is 4.57. The standard InChI is InChI=1S/C11H12N4O2S/c1-7(10-14-4-5-18-10)6-15-9-8(11(16)17)12-2-3-13-9/h2-5,7H,6H2,1H3,(H,13,15)(H,16,17). The third kappa shape index (κ3) is 2.80. The lowest BCUT2D eigenvalue weighted by Crippen LogP contribution is -2.14. The Balaban J connectivity index is 2.04. The van der Waals surface area contributed by atoms with Crippen LogP contribution in [0.2, 0.25) is 0 Å². The molecule has 0 radical (unpaired) electrons. The molecule has 2 rings (SSSR count). The Morgan fingerprint density at radius 1 is 1.39 bits per heavy atom. The first kappa shape index (κ1) is 12.4. The number of carbonyl (C=O) groups is 1. The molecule has 0 amide bonds. The normalized spacial score (nSPS) is 12.1. The molecule has 0 bridgehead atoms. The first-order chi connectivity index (χ1) is 8.68. The van der Waals surface area contributed by atoms with Crippen LogP contribution in [0.15, 0.2) is 24.0 Å². The van der Waals surface area contributed by atoms with Crippen LogP contribution in [0.25, 0.3) is 0 Å². The van der Waals surface area contributed by atoms with Gasteiger partial charge in [-0.05, 0) is 0 Å². The van der Waals surface area contributed by atoms with Crippen molar-refractivity contribution < 1.29 is 9.90 Å². The summed E-state index contributed by atoms with van der Waals surface area (Å²) < 4.78 is 0. The smallest absolute Gasteiger partial charge is 0.358 e. The molecule has 18 heavy (non-hydrogen) atoms. The highest BCUT2D eigenvalue weighted by atomic mass is 32.1. The molecule has 0 fully saturated rings. The number of aromatic nitrogens is 3. The van der Waals surface area contributed by atoms with Gasteiger partial charge in [-0.25, -0.2) is 19.7 Å². The van der Waals surface area contributed by atoms with Crippen molar-refractivity contribution in [2.75, 3.05) is 11.9 Å². The van der Waals surface area contributed by atoms with Gasteiger partial charge in [0.2, 0.25) is 0 Å². The highest BCUT2D eigenvalue weighted by Gasteiger charge is 2.14. The third-order valence-electron chi connectivity index (χ3n) is 2.35. The Labute approximate surface area is 108 Å². The number of nitrogens with zero attached hydrogens (tertiary/aromatic N) is 3. The minimum Gasteiger partial charge on any atom is -0.476 e. The fraction of sp³-hybridized carbons (Fsp3) is 0.273. The number of anilines is 1. The predicted octanol–water partition coefficient (Wildman–Crippen LogP) is 1.85. The molecule has 1 unspecified atom stereocenters. The summed E-state index contributed by atoms with van der Waals surface area (Å²) in [4.78, 5) is 22.9. The fourth-order valence-electron chi connectivity index (χ4n) is 1.44. The van der Waals surface area contributed by atoms with E-state index in [1.54, 1.807) is 17.5 Å². The van der Waals surface area contributed by atoms with Gasteiger partial charge in [-0.2, -0.15) is 0 Å². The second-order valence-electron chi connectivity index (χ2n) is 3.71. The summed E-state index contributed by atoms with van der Waals surface area (Å²) >= 11 is 1.57. The maximum atomic E-state index is 10.9. The number of nitrogens with one attached hydrogen (secondary N) is 1. The molecule has 2 heterocycles. The third-order valence-corrected chi connectivity index (χ3v) is 3.36. The van der Waals surface area contributed by atoms with Gasteiger partial charge < -0.3 is 10.4 Å². The van der Waals surface area contributed by atoms with Crippen LogP contribution < -0.4 is 5.32 Å². The molecule has 2 N–H and O–H groups in total. The Morgan fingerprint density at radius 2 is 2.17 bits per heavy atom. The minimum atomic E-state index is -1.09. The van der Waals surface area contributed by atoms with Crippen molar-refractivity contribution >= 4 is 23.1 Å². The zero-order chi connectivity index (χ0) is 13.0. The molecule has 7 heteroatoms. The number of rotatable bonds is 5. The maximum Gasteiger partial charge on any atom is 0.358 e. The maximum absolute atomic E-state index is 10.9. The van der Waals surface area contributed by atoms with Crippen LogP contribution in [0, 0.1) is 0 Å². The van der Waals surface area contributed by atoms with E-state index in [9.17, 15) is 4.79 Å². The largest absolute Gasteiger partial charge is 0.476 e. The van der Waals surface area contributed by atoms with Gasteiger partial charge in [0.1, 0.15) is 0 Å². The van der Waals surface area contributed by atoms with Gasteiger partial charge in [0.15, 0.2) is 11.5 Å². The SMILES string of the molecule is CC(CNc1nccnc1C(=O)O)c1nccs1. The zero-order valence-electron chi connectivity index (χ0n) is 9.70. The van der Waals surface area contributed by atoms with E-state index < -0.39 is 5.97 Å². The van der Waals surface area contributed by atoms with Gasteiger partial charge in [0.05, 0.1) is 5.01 Å². The molecule has 2 aromatic heterocycles. The molecule has 94 valence electrons. The van der Waals surface area contributed by atoms with Crippen molar-refractivity contribution in [3.8, 4) is 0 Å². The molecule has 0 aliphatic carbocycles. The van der Waals surface area contributed by atoms with Gasteiger partial charge in [-0.15, -0.1) is 11.3 Å². The van der Waals surface area contributed by atoms with E-state index in [1.807, 2.05) is 12.3 Å². The number of hydrogen-bond acceptors (Lipinski definition) is 6. The van der Waals surface area contributed by atoms with Crippen LogP contribution in [0.5, 0.6) is 0 Å². The van der Waals surface area contributed by atoms with Crippen LogP contribution >= 0.6 is 11.3 Å². The van der Waals surface area contributed by atoms with Gasteiger partial charge >= 0.3 is 5.97 Å². The molecule has 0 aliphatic rings. The minimum absolute atomic E-state index is 0.0659. The Bertz CT molecular complexity index is 530. The van der Waals surface area contributed by atoms with Gasteiger partial charge in [0.25, 0.3) is 0 Å². The van der Waals surface area contributed by atoms with Crippen molar-refractivity contribution in [2.24, 2.45) is 0 Å². The number of hydrogen-bond donors (Lipinski definition) is 2. The van der Waals surface area contributed by atoms with Crippen molar-refractivity contribution in [1.29, 1.82) is 0 Å². The highest BCUT2D eigenvalue weighted by molar-refractivity contribution is 7.09. The van der Waals surface area contributed by atoms with Gasteiger partial charge in [0, 0.05) is 36.4 Å².